The molecule has 2 rings (SSSR count). The summed E-state index contributed by atoms with van der Waals surface area (Å²) >= 11 is 11.1. The minimum atomic E-state index is 0.357. The summed E-state index contributed by atoms with van der Waals surface area (Å²) in [5, 5.41) is 3.91. The zero-order chi connectivity index (χ0) is 14.0. The lowest BCUT2D eigenvalue weighted by Crippen LogP contribution is -2.10. The molecule has 0 aliphatic rings. The third kappa shape index (κ3) is 3.43. The lowest BCUT2D eigenvalue weighted by molar-refractivity contribution is 1.19. The van der Waals surface area contributed by atoms with Gasteiger partial charge in [-0.15, -0.1) is 0 Å². The van der Waals surface area contributed by atoms with Crippen molar-refractivity contribution in [3.05, 3.63) is 52.2 Å². The number of nitrogens with zero attached hydrogens (tertiary/aromatic N) is 1. The Morgan fingerprint density at radius 2 is 2.00 bits per heavy atom. The molecule has 0 radical (unpaired) electrons. The van der Waals surface area contributed by atoms with Gasteiger partial charge in [-0.3, -0.25) is 0 Å². The number of benzene rings is 1. The van der Waals surface area contributed by atoms with Crippen molar-refractivity contribution in [1.29, 1.82) is 0 Å². The van der Waals surface area contributed by atoms with Crippen LogP contribution in [0.5, 0.6) is 0 Å². The van der Waals surface area contributed by atoms with E-state index >= 15 is 0 Å². The Balaban J connectivity index is 2.32. The number of pyridine rings is 1. The molecular weight excluding hydrogens is 278 g/mol. The van der Waals surface area contributed by atoms with E-state index in [1.807, 2.05) is 44.2 Å². The summed E-state index contributed by atoms with van der Waals surface area (Å²) in [5.74, 6) is 0.697. The van der Waals surface area contributed by atoms with Gasteiger partial charge in [-0.25, -0.2) is 4.98 Å². The number of aromatic nitrogens is 1. The van der Waals surface area contributed by atoms with Gasteiger partial charge in [0, 0.05) is 22.0 Å². The van der Waals surface area contributed by atoms with Crippen LogP contribution in [0, 0.1) is 13.8 Å². The molecule has 0 unspecified atom stereocenters. The molecule has 3 nitrogen and oxygen atoms in total. The number of halogens is 1. The zero-order valence-corrected chi connectivity index (χ0v) is 12.3. The summed E-state index contributed by atoms with van der Waals surface area (Å²) in [6.07, 6.45) is 0. The molecule has 2 aromatic rings. The molecule has 19 heavy (non-hydrogen) atoms. The second-order valence-electron chi connectivity index (χ2n) is 4.34. The van der Waals surface area contributed by atoms with Crippen LogP contribution < -0.4 is 11.1 Å². The van der Waals surface area contributed by atoms with E-state index in [0.717, 1.165) is 22.5 Å². The van der Waals surface area contributed by atoms with E-state index in [-0.39, 0.29) is 0 Å². The lowest BCUT2D eigenvalue weighted by Gasteiger charge is -2.09. The summed E-state index contributed by atoms with van der Waals surface area (Å²) in [7, 11) is 0. The number of nitrogens with one attached hydrogen (secondary N) is 1. The average Bonchev–Trinajstić information content (AvgIpc) is 2.33. The molecule has 0 atom stereocenters. The van der Waals surface area contributed by atoms with Crippen LogP contribution in [0.1, 0.15) is 16.8 Å². The van der Waals surface area contributed by atoms with Gasteiger partial charge in [0.25, 0.3) is 0 Å². The van der Waals surface area contributed by atoms with Crippen LogP contribution in [-0.4, -0.2) is 9.97 Å². The monoisotopic (exact) mass is 291 g/mol. The number of hydrogen-bond acceptors (Lipinski definition) is 3. The summed E-state index contributed by atoms with van der Waals surface area (Å²) in [4.78, 5) is 4.75. The van der Waals surface area contributed by atoms with Crippen LogP contribution in [0.25, 0.3) is 0 Å². The van der Waals surface area contributed by atoms with Gasteiger partial charge in [-0.2, -0.15) is 0 Å². The molecule has 0 aliphatic carbocycles. The molecule has 1 heterocycles. The molecule has 5 heteroatoms. The number of thiocarbonyl (C=S) groups is 1. The van der Waals surface area contributed by atoms with Gasteiger partial charge >= 0.3 is 0 Å². The molecule has 1 aromatic heterocycles. The molecule has 98 valence electrons. The van der Waals surface area contributed by atoms with Gasteiger partial charge in [0.05, 0.1) is 0 Å². The quantitative estimate of drug-likeness (QED) is 0.846. The molecule has 0 fully saturated rings. The third-order valence-corrected chi connectivity index (χ3v) is 3.33. The number of aryl methyl sites for hydroxylation is 2. The number of anilines is 2. The SMILES string of the molecule is Cc1cc(C(N)=S)cc(Nc2ccc(C)c(Cl)c2)n1. The number of rotatable bonds is 3. The maximum absolute atomic E-state index is 6.09. The molecule has 3 N–H and O–H groups in total. The fourth-order valence-corrected chi connectivity index (χ4v) is 1.99. The molecule has 0 amide bonds. The Kier molecular flexibility index (Phi) is 4.02. The lowest BCUT2D eigenvalue weighted by atomic mass is 10.2. The standard InChI is InChI=1S/C14H14ClN3S/c1-8-3-4-11(7-12(8)15)18-13-6-10(14(16)19)5-9(2)17-13/h3-7H,1-2H3,(H2,16,19)(H,17,18). The van der Waals surface area contributed by atoms with Crippen LogP contribution >= 0.6 is 23.8 Å². The van der Waals surface area contributed by atoms with Crippen LogP contribution in [0.2, 0.25) is 5.02 Å². The molecular formula is C14H14ClN3S. The predicted molar refractivity (Wildman–Crippen MR) is 84.3 cm³/mol. The van der Waals surface area contributed by atoms with E-state index in [1.165, 1.54) is 0 Å². The summed E-state index contributed by atoms with van der Waals surface area (Å²) in [5.41, 5.74) is 9.20. The second kappa shape index (κ2) is 5.55. The van der Waals surface area contributed by atoms with Crippen LogP contribution in [0.3, 0.4) is 0 Å². The second-order valence-corrected chi connectivity index (χ2v) is 5.18. The van der Waals surface area contributed by atoms with Gasteiger partial charge in [0.15, 0.2) is 0 Å². The van der Waals surface area contributed by atoms with Crippen molar-refractivity contribution < 1.29 is 0 Å². The Bertz CT molecular complexity index is 641. The van der Waals surface area contributed by atoms with Gasteiger partial charge < -0.3 is 11.1 Å². The van der Waals surface area contributed by atoms with Crippen molar-refractivity contribution in [2.24, 2.45) is 5.73 Å². The molecule has 1 aromatic carbocycles. The Morgan fingerprint density at radius 3 is 2.63 bits per heavy atom. The highest BCUT2D eigenvalue weighted by Gasteiger charge is 2.04. The highest BCUT2D eigenvalue weighted by Crippen LogP contribution is 2.23. The average molecular weight is 292 g/mol. The predicted octanol–water partition coefficient (Wildman–Crippen LogP) is 3.73. The van der Waals surface area contributed by atoms with Gasteiger partial charge in [-0.05, 0) is 43.7 Å². The van der Waals surface area contributed by atoms with Crippen LogP contribution in [-0.2, 0) is 0 Å². The van der Waals surface area contributed by atoms with E-state index in [9.17, 15) is 0 Å². The van der Waals surface area contributed by atoms with Crippen molar-refractivity contribution in [3.63, 3.8) is 0 Å². The van der Waals surface area contributed by atoms with E-state index in [1.54, 1.807) is 0 Å². The molecule has 0 saturated carbocycles. The Hall–Kier alpha value is -1.65. The van der Waals surface area contributed by atoms with E-state index in [0.29, 0.717) is 15.8 Å². The smallest absolute Gasteiger partial charge is 0.131 e. The van der Waals surface area contributed by atoms with Crippen molar-refractivity contribution >= 4 is 40.3 Å². The summed E-state index contributed by atoms with van der Waals surface area (Å²) in [6.45, 7) is 3.86. The van der Waals surface area contributed by atoms with Crippen LogP contribution in [0.4, 0.5) is 11.5 Å². The largest absolute Gasteiger partial charge is 0.389 e. The number of nitrogens with two attached hydrogens (primary N) is 1. The summed E-state index contributed by atoms with van der Waals surface area (Å²) < 4.78 is 0. The minimum Gasteiger partial charge on any atom is -0.389 e. The fraction of sp³-hybridized carbons (Fsp3) is 0.143. The van der Waals surface area contributed by atoms with Crippen molar-refractivity contribution in [2.75, 3.05) is 5.32 Å². The Morgan fingerprint density at radius 1 is 1.26 bits per heavy atom. The molecule has 0 saturated heterocycles. The zero-order valence-electron chi connectivity index (χ0n) is 10.7. The first-order valence-electron chi connectivity index (χ1n) is 5.77. The van der Waals surface area contributed by atoms with E-state index in [4.69, 9.17) is 29.6 Å². The van der Waals surface area contributed by atoms with E-state index in [2.05, 4.69) is 10.3 Å². The van der Waals surface area contributed by atoms with Crippen molar-refractivity contribution in [1.82, 2.24) is 4.98 Å². The highest BCUT2D eigenvalue weighted by atomic mass is 35.5. The highest BCUT2D eigenvalue weighted by molar-refractivity contribution is 7.80. The molecule has 0 bridgehead atoms. The summed E-state index contributed by atoms with van der Waals surface area (Å²) in [6, 6.07) is 9.45. The minimum absolute atomic E-state index is 0.357. The van der Waals surface area contributed by atoms with Crippen molar-refractivity contribution in [2.45, 2.75) is 13.8 Å². The van der Waals surface area contributed by atoms with Gasteiger partial charge in [-0.1, -0.05) is 29.9 Å². The maximum atomic E-state index is 6.09. The first kappa shape index (κ1) is 13.8. The van der Waals surface area contributed by atoms with E-state index < -0.39 is 0 Å². The molecule has 0 spiro atoms. The van der Waals surface area contributed by atoms with Crippen LogP contribution in [0.15, 0.2) is 30.3 Å². The molecule has 0 aliphatic heterocycles. The number of hydrogen-bond donors (Lipinski definition) is 2. The van der Waals surface area contributed by atoms with Gasteiger partial charge in [0.1, 0.15) is 10.8 Å². The van der Waals surface area contributed by atoms with Gasteiger partial charge in [0.2, 0.25) is 0 Å². The Labute approximate surface area is 122 Å². The first-order valence-corrected chi connectivity index (χ1v) is 6.56. The topological polar surface area (TPSA) is 50.9 Å². The normalized spacial score (nSPS) is 10.3. The van der Waals surface area contributed by atoms with Crippen molar-refractivity contribution in [3.8, 4) is 0 Å². The third-order valence-electron chi connectivity index (χ3n) is 2.68. The fourth-order valence-electron chi connectivity index (χ4n) is 1.69. The first-order chi connectivity index (χ1) is 8.95. The maximum Gasteiger partial charge on any atom is 0.131 e.